The van der Waals surface area contributed by atoms with E-state index in [1.807, 2.05) is 17.0 Å². The first kappa shape index (κ1) is 13.5. The zero-order valence-electron chi connectivity index (χ0n) is 11.8. The summed E-state index contributed by atoms with van der Waals surface area (Å²) in [5.74, 6) is 1.59. The van der Waals surface area contributed by atoms with E-state index in [9.17, 15) is 4.79 Å². The van der Waals surface area contributed by atoms with Gasteiger partial charge in [0, 0.05) is 23.7 Å². The second kappa shape index (κ2) is 5.21. The molecule has 2 aromatic carbocycles. The molecule has 22 heavy (non-hydrogen) atoms. The summed E-state index contributed by atoms with van der Waals surface area (Å²) in [6.45, 7) is 1.56. The summed E-state index contributed by atoms with van der Waals surface area (Å²) >= 11 is 5.87. The lowest BCUT2D eigenvalue weighted by Crippen LogP contribution is -2.35. The molecular formula is C17H14ClNO3. The quantitative estimate of drug-likeness (QED) is 0.810. The molecule has 4 rings (SSSR count). The number of hydrogen-bond donors (Lipinski definition) is 0. The third-order valence-electron chi connectivity index (χ3n) is 4.09. The lowest BCUT2D eigenvalue weighted by atomic mass is 9.98. The van der Waals surface area contributed by atoms with Gasteiger partial charge in [-0.2, -0.15) is 0 Å². The van der Waals surface area contributed by atoms with E-state index in [1.165, 1.54) is 5.56 Å². The van der Waals surface area contributed by atoms with Crippen molar-refractivity contribution in [3.63, 3.8) is 0 Å². The van der Waals surface area contributed by atoms with Crippen molar-refractivity contribution in [1.29, 1.82) is 0 Å². The number of carbonyl (C=O) groups is 1. The maximum atomic E-state index is 12.6. The Morgan fingerprint density at radius 1 is 1.05 bits per heavy atom. The first-order valence-corrected chi connectivity index (χ1v) is 7.55. The minimum Gasteiger partial charge on any atom is -0.454 e. The number of benzene rings is 2. The summed E-state index contributed by atoms with van der Waals surface area (Å²) in [5, 5.41) is 0.633. The van der Waals surface area contributed by atoms with Gasteiger partial charge in [0.25, 0.3) is 5.91 Å². The lowest BCUT2D eigenvalue weighted by Gasteiger charge is -2.29. The zero-order valence-corrected chi connectivity index (χ0v) is 12.6. The Hall–Kier alpha value is -2.20. The predicted molar refractivity (Wildman–Crippen MR) is 82.5 cm³/mol. The summed E-state index contributed by atoms with van der Waals surface area (Å²) in [6, 6.07) is 11.0. The van der Waals surface area contributed by atoms with Gasteiger partial charge in [0.05, 0.1) is 0 Å². The third-order valence-corrected chi connectivity index (χ3v) is 4.34. The number of hydrogen-bond acceptors (Lipinski definition) is 3. The Kier molecular flexibility index (Phi) is 3.19. The summed E-state index contributed by atoms with van der Waals surface area (Å²) in [5.41, 5.74) is 3.01. The number of ether oxygens (including phenoxy) is 2. The lowest BCUT2D eigenvalue weighted by molar-refractivity contribution is 0.0734. The van der Waals surface area contributed by atoms with Crippen molar-refractivity contribution in [2.45, 2.75) is 13.0 Å². The van der Waals surface area contributed by atoms with Crippen LogP contribution in [-0.4, -0.2) is 24.1 Å². The zero-order chi connectivity index (χ0) is 15.1. The average Bonchev–Trinajstić information content (AvgIpc) is 2.99. The molecule has 0 saturated heterocycles. The van der Waals surface area contributed by atoms with Crippen LogP contribution in [-0.2, 0) is 13.0 Å². The van der Waals surface area contributed by atoms with Crippen molar-refractivity contribution in [2.75, 3.05) is 13.3 Å². The molecule has 4 nitrogen and oxygen atoms in total. The van der Waals surface area contributed by atoms with Gasteiger partial charge in [0.15, 0.2) is 11.5 Å². The molecule has 0 atom stereocenters. The smallest absolute Gasteiger partial charge is 0.254 e. The normalized spacial score (nSPS) is 15.6. The van der Waals surface area contributed by atoms with Gasteiger partial charge in [0.2, 0.25) is 6.79 Å². The Labute approximate surface area is 133 Å². The average molecular weight is 316 g/mol. The van der Waals surface area contributed by atoms with Gasteiger partial charge >= 0.3 is 0 Å². The molecule has 0 spiro atoms. The molecule has 2 aliphatic rings. The largest absolute Gasteiger partial charge is 0.454 e. The van der Waals surface area contributed by atoms with Gasteiger partial charge in [0.1, 0.15) is 0 Å². The van der Waals surface area contributed by atoms with Crippen LogP contribution in [0.15, 0.2) is 36.4 Å². The van der Waals surface area contributed by atoms with Crippen LogP contribution in [0, 0.1) is 0 Å². The molecule has 2 aliphatic heterocycles. The van der Waals surface area contributed by atoms with E-state index >= 15 is 0 Å². The van der Waals surface area contributed by atoms with Gasteiger partial charge in [-0.15, -0.1) is 0 Å². The monoisotopic (exact) mass is 315 g/mol. The van der Waals surface area contributed by atoms with Gasteiger partial charge in [-0.05, 0) is 53.9 Å². The van der Waals surface area contributed by atoms with E-state index in [0.717, 1.165) is 23.5 Å². The first-order valence-electron chi connectivity index (χ1n) is 7.17. The molecule has 0 saturated carbocycles. The second-order valence-electron chi connectivity index (χ2n) is 5.46. The molecule has 0 aliphatic carbocycles. The Morgan fingerprint density at radius 3 is 2.45 bits per heavy atom. The van der Waals surface area contributed by atoms with Crippen LogP contribution in [0.1, 0.15) is 21.5 Å². The highest BCUT2D eigenvalue weighted by molar-refractivity contribution is 6.30. The van der Waals surface area contributed by atoms with E-state index in [1.54, 1.807) is 24.3 Å². The van der Waals surface area contributed by atoms with Crippen molar-refractivity contribution in [3.8, 4) is 11.5 Å². The number of fused-ring (bicyclic) bond motifs is 2. The molecular weight excluding hydrogens is 302 g/mol. The van der Waals surface area contributed by atoms with Gasteiger partial charge in [-0.25, -0.2) is 0 Å². The number of halogens is 1. The maximum absolute atomic E-state index is 12.6. The second-order valence-corrected chi connectivity index (χ2v) is 5.89. The van der Waals surface area contributed by atoms with Crippen molar-refractivity contribution in [1.82, 2.24) is 4.90 Å². The molecule has 2 aromatic rings. The highest BCUT2D eigenvalue weighted by Crippen LogP contribution is 2.36. The Balaban J connectivity index is 1.59. The fraction of sp³-hybridized carbons (Fsp3) is 0.235. The molecule has 0 fully saturated rings. The molecule has 0 radical (unpaired) electrons. The number of nitrogens with zero attached hydrogens (tertiary/aromatic N) is 1. The number of rotatable bonds is 1. The van der Waals surface area contributed by atoms with E-state index in [2.05, 4.69) is 0 Å². The molecule has 0 bridgehead atoms. The van der Waals surface area contributed by atoms with E-state index < -0.39 is 0 Å². The van der Waals surface area contributed by atoms with Gasteiger partial charge in [-0.3, -0.25) is 4.79 Å². The van der Waals surface area contributed by atoms with Crippen molar-refractivity contribution in [2.24, 2.45) is 0 Å². The first-order chi connectivity index (χ1) is 10.7. The van der Waals surface area contributed by atoms with Gasteiger partial charge < -0.3 is 14.4 Å². The maximum Gasteiger partial charge on any atom is 0.254 e. The van der Waals surface area contributed by atoms with Crippen molar-refractivity contribution < 1.29 is 14.3 Å². The fourth-order valence-electron chi connectivity index (χ4n) is 2.89. The van der Waals surface area contributed by atoms with Crippen LogP contribution in [0.2, 0.25) is 5.02 Å². The summed E-state index contributed by atoms with van der Waals surface area (Å²) in [4.78, 5) is 14.4. The van der Waals surface area contributed by atoms with E-state index in [0.29, 0.717) is 23.7 Å². The van der Waals surface area contributed by atoms with Crippen molar-refractivity contribution >= 4 is 17.5 Å². The van der Waals surface area contributed by atoms with Crippen LogP contribution >= 0.6 is 11.6 Å². The summed E-state index contributed by atoms with van der Waals surface area (Å²) in [7, 11) is 0. The minimum absolute atomic E-state index is 0.0278. The molecule has 0 aromatic heterocycles. The molecule has 5 heteroatoms. The van der Waals surface area contributed by atoms with E-state index in [-0.39, 0.29) is 12.7 Å². The minimum atomic E-state index is 0.0278. The standard InChI is InChI=1S/C17H14ClNO3/c18-14-3-1-11(2-4-14)17(20)19-6-5-12-7-15-16(22-10-21-15)8-13(12)9-19/h1-4,7-8H,5-6,9-10H2. The van der Waals surface area contributed by atoms with Crippen LogP contribution in [0.5, 0.6) is 11.5 Å². The van der Waals surface area contributed by atoms with Gasteiger partial charge in [-0.1, -0.05) is 11.6 Å². The number of carbonyl (C=O) groups excluding carboxylic acids is 1. The number of amides is 1. The Morgan fingerprint density at radius 2 is 1.73 bits per heavy atom. The molecule has 0 N–H and O–H groups in total. The molecule has 2 heterocycles. The topological polar surface area (TPSA) is 38.8 Å². The SMILES string of the molecule is O=C(c1ccc(Cl)cc1)N1CCc2cc3c(cc2C1)OCO3. The third kappa shape index (κ3) is 2.29. The molecule has 0 unspecified atom stereocenters. The highest BCUT2D eigenvalue weighted by atomic mass is 35.5. The van der Waals surface area contributed by atoms with Crippen molar-refractivity contribution in [3.05, 3.63) is 58.1 Å². The summed E-state index contributed by atoms with van der Waals surface area (Å²) in [6.07, 6.45) is 0.825. The van der Waals surface area contributed by atoms with Crippen LogP contribution in [0.4, 0.5) is 0 Å². The predicted octanol–water partition coefficient (Wildman–Crippen LogP) is 3.27. The van der Waals surface area contributed by atoms with Crippen LogP contribution in [0.25, 0.3) is 0 Å². The van der Waals surface area contributed by atoms with Crippen LogP contribution < -0.4 is 9.47 Å². The summed E-state index contributed by atoms with van der Waals surface area (Å²) < 4.78 is 10.8. The molecule has 112 valence electrons. The van der Waals surface area contributed by atoms with Crippen LogP contribution in [0.3, 0.4) is 0 Å². The molecule has 1 amide bonds. The fourth-order valence-corrected chi connectivity index (χ4v) is 3.02. The Bertz CT molecular complexity index is 742. The van der Waals surface area contributed by atoms with E-state index in [4.69, 9.17) is 21.1 Å². The highest BCUT2D eigenvalue weighted by Gasteiger charge is 2.25.